The molecule has 7 heteroatoms. The molecule has 1 aromatic carbocycles. The Bertz CT molecular complexity index is 1050. The molecule has 4 rings (SSSR count). The topological polar surface area (TPSA) is 85.6 Å². The van der Waals surface area contributed by atoms with Crippen molar-refractivity contribution < 1.29 is 4.79 Å². The molecule has 0 saturated carbocycles. The van der Waals surface area contributed by atoms with Crippen molar-refractivity contribution in [2.75, 3.05) is 0 Å². The number of pyridine rings is 2. The van der Waals surface area contributed by atoms with E-state index in [2.05, 4.69) is 25.4 Å². The molecule has 4 aromatic rings. The molecule has 0 fully saturated rings. The largest absolute Gasteiger partial charge is 0.344 e. The summed E-state index contributed by atoms with van der Waals surface area (Å²) in [5.74, 6) is 0.440. The highest BCUT2D eigenvalue weighted by Crippen LogP contribution is 2.13. The molecule has 0 radical (unpaired) electrons. The Morgan fingerprint density at radius 1 is 0.964 bits per heavy atom. The fourth-order valence-corrected chi connectivity index (χ4v) is 2.77. The van der Waals surface area contributed by atoms with E-state index in [1.807, 2.05) is 60.7 Å². The van der Waals surface area contributed by atoms with Crippen molar-refractivity contribution in [3.63, 3.8) is 0 Å². The minimum Gasteiger partial charge on any atom is -0.344 e. The molecule has 3 aromatic heterocycles. The van der Waals surface area contributed by atoms with Crippen molar-refractivity contribution in [3.05, 3.63) is 102 Å². The van der Waals surface area contributed by atoms with E-state index in [-0.39, 0.29) is 11.7 Å². The molecule has 28 heavy (non-hydrogen) atoms. The van der Waals surface area contributed by atoms with Gasteiger partial charge in [-0.3, -0.25) is 14.8 Å². The first-order chi connectivity index (χ1) is 13.8. The normalized spacial score (nSPS) is 10.6. The van der Waals surface area contributed by atoms with Crippen LogP contribution in [0.25, 0.3) is 5.69 Å². The molecule has 0 saturated heterocycles. The second kappa shape index (κ2) is 8.22. The van der Waals surface area contributed by atoms with Crippen LogP contribution in [0, 0.1) is 0 Å². The van der Waals surface area contributed by atoms with Crippen LogP contribution in [-0.4, -0.2) is 30.6 Å². The highest BCUT2D eigenvalue weighted by molar-refractivity contribution is 5.90. The van der Waals surface area contributed by atoms with Gasteiger partial charge in [-0.15, -0.1) is 5.10 Å². The Morgan fingerprint density at radius 3 is 2.57 bits per heavy atom. The lowest BCUT2D eigenvalue weighted by Gasteiger charge is -2.05. The number of carbonyl (C=O) groups is 1. The SMILES string of the molecule is O=C(NCc1ccccn1)c1nc(Cc2ccccc2)n(-c2cccnc2)n1. The summed E-state index contributed by atoms with van der Waals surface area (Å²) in [6.45, 7) is 0.315. The molecule has 1 amide bonds. The van der Waals surface area contributed by atoms with Crippen LogP contribution < -0.4 is 5.32 Å². The predicted octanol–water partition coefficient (Wildman–Crippen LogP) is 2.58. The Labute approximate surface area is 162 Å². The predicted molar refractivity (Wildman–Crippen MR) is 104 cm³/mol. The van der Waals surface area contributed by atoms with Crippen LogP contribution in [0.5, 0.6) is 0 Å². The summed E-state index contributed by atoms with van der Waals surface area (Å²) in [4.78, 5) is 25.4. The number of benzene rings is 1. The summed E-state index contributed by atoms with van der Waals surface area (Å²) < 4.78 is 1.66. The lowest BCUT2D eigenvalue weighted by atomic mass is 10.1. The van der Waals surface area contributed by atoms with Crippen molar-refractivity contribution in [1.82, 2.24) is 30.0 Å². The van der Waals surface area contributed by atoms with Crippen LogP contribution >= 0.6 is 0 Å². The van der Waals surface area contributed by atoms with Crippen molar-refractivity contribution in [2.45, 2.75) is 13.0 Å². The van der Waals surface area contributed by atoms with Gasteiger partial charge in [0.05, 0.1) is 24.1 Å². The Hall–Kier alpha value is -3.87. The first-order valence-electron chi connectivity index (χ1n) is 8.88. The van der Waals surface area contributed by atoms with Crippen LogP contribution in [0.3, 0.4) is 0 Å². The van der Waals surface area contributed by atoms with Gasteiger partial charge in [0, 0.05) is 18.8 Å². The van der Waals surface area contributed by atoms with Gasteiger partial charge in [0.15, 0.2) is 0 Å². The zero-order chi connectivity index (χ0) is 19.2. The van der Waals surface area contributed by atoms with E-state index in [0.717, 1.165) is 16.9 Å². The van der Waals surface area contributed by atoms with Gasteiger partial charge in [0.1, 0.15) is 5.82 Å². The van der Waals surface area contributed by atoms with E-state index >= 15 is 0 Å². The van der Waals surface area contributed by atoms with Gasteiger partial charge >= 0.3 is 0 Å². The third-order valence-corrected chi connectivity index (χ3v) is 4.13. The summed E-state index contributed by atoms with van der Waals surface area (Å²) in [6.07, 6.45) is 5.63. The van der Waals surface area contributed by atoms with E-state index < -0.39 is 0 Å². The molecule has 0 atom stereocenters. The minimum atomic E-state index is -0.345. The van der Waals surface area contributed by atoms with E-state index in [0.29, 0.717) is 18.8 Å². The molecule has 0 aliphatic heterocycles. The molecule has 138 valence electrons. The van der Waals surface area contributed by atoms with Crippen LogP contribution in [0.15, 0.2) is 79.3 Å². The van der Waals surface area contributed by atoms with Gasteiger partial charge in [0.25, 0.3) is 5.91 Å². The number of aromatic nitrogens is 5. The molecule has 3 heterocycles. The van der Waals surface area contributed by atoms with Crippen molar-refractivity contribution in [3.8, 4) is 5.69 Å². The number of hydrogen-bond acceptors (Lipinski definition) is 5. The number of nitrogens with zero attached hydrogens (tertiary/aromatic N) is 5. The highest BCUT2D eigenvalue weighted by Gasteiger charge is 2.18. The number of nitrogens with one attached hydrogen (secondary N) is 1. The molecule has 0 aliphatic rings. The number of carbonyl (C=O) groups excluding carboxylic acids is 1. The number of amides is 1. The van der Waals surface area contributed by atoms with Crippen molar-refractivity contribution in [2.24, 2.45) is 0 Å². The maximum absolute atomic E-state index is 12.6. The van der Waals surface area contributed by atoms with Gasteiger partial charge in [-0.1, -0.05) is 36.4 Å². The van der Waals surface area contributed by atoms with E-state index in [1.165, 1.54) is 0 Å². The van der Waals surface area contributed by atoms with Gasteiger partial charge < -0.3 is 5.32 Å². The summed E-state index contributed by atoms with van der Waals surface area (Å²) in [5, 5.41) is 7.24. The fraction of sp³-hybridized carbons (Fsp3) is 0.0952. The summed E-state index contributed by atoms with van der Waals surface area (Å²) >= 11 is 0. The fourth-order valence-electron chi connectivity index (χ4n) is 2.77. The summed E-state index contributed by atoms with van der Waals surface area (Å²) in [6, 6.07) is 19.2. The third-order valence-electron chi connectivity index (χ3n) is 4.13. The van der Waals surface area contributed by atoms with Crippen LogP contribution in [0.2, 0.25) is 0 Å². The average molecular weight is 370 g/mol. The Morgan fingerprint density at radius 2 is 1.82 bits per heavy atom. The Balaban J connectivity index is 1.60. The lowest BCUT2D eigenvalue weighted by molar-refractivity contribution is 0.0940. The van der Waals surface area contributed by atoms with Gasteiger partial charge in [0.2, 0.25) is 5.82 Å². The van der Waals surface area contributed by atoms with Crippen LogP contribution in [0.1, 0.15) is 27.7 Å². The van der Waals surface area contributed by atoms with E-state index in [9.17, 15) is 4.79 Å². The second-order valence-corrected chi connectivity index (χ2v) is 6.14. The van der Waals surface area contributed by atoms with Gasteiger partial charge in [-0.25, -0.2) is 9.67 Å². The monoisotopic (exact) mass is 370 g/mol. The molecular formula is C21H18N6O. The highest BCUT2D eigenvalue weighted by atomic mass is 16.2. The summed E-state index contributed by atoms with van der Waals surface area (Å²) in [5.41, 5.74) is 2.61. The average Bonchev–Trinajstić information content (AvgIpc) is 3.18. The van der Waals surface area contributed by atoms with E-state index in [4.69, 9.17) is 0 Å². The Kier molecular flexibility index (Phi) is 5.15. The third kappa shape index (κ3) is 4.09. The molecule has 0 spiro atoms. The van der Waals surface area contributed by atoms with Gasteiger partial charge in [-0.05, 0) is 29.8 Å². The molecule has 1 N–H and O–H groups in total. The van der Waals surface area contributed by atoms with E-state index in [1.54, 1.807) is 23.3 Å². The first kappa shape index (κ1) is 17.5. The van der Waals surface area contributed by atoms with Gasteiger partial charge in [-0.2, -0.15) is 0 Å². The molecule has 0 bridgehead atoms. The quantitative estimate of drug-likeness (QED) is 0.564. The number of hydrogen-bond donors (Lipinski definition) is 1. The van der Waals surface area contributed by atoms with Crippen molar-refractivity contribution in [1.29, 1.82) is 0 Å². The molecule has 0 unspecified atom stereocenters. The molecule has 7 nitrogen and oxygen atoms in total. The smallest absolute Gasteiger partial charge is 0.291 e. The zero-order valence-corrected chi connectivity index (χ0v) is 15.1. The minimum absolute atomic E-state index is 0.116. The van der Waals surface area contributed by atoms with Crippen LogP contribution in [0.4, 0.5) is 0 Å². The maximum Gasteiger partial charge on any atom is 0.291 e. The summed E-state index contributed by atoms with van der Waals surface area (Å²) in [7, 11) is 0. The maximum atomic E-state index is 12.6. The van der Waals surface area contributed by atoms with Crippen LogP contribution in [-0.2, 0) is 13.0 Å². The second-order valence-electron chi connectivity index (χ2n) is 6.14. The number of rotatable bonds is 6. The zero-order valence-electron chi connectivity index (χ0n) is 15.1. The van der Waals surface area contributed by atoms with Crippen molar-refractivity contribution >= 4 is 5.91 Å². The molecule has 0 aliphatic carbocycles. The molecular weight excluding hydrogens is 352 g/mol. The lowest BCUT2D eigenvalue weighted by Crippen LogP contribution is -2.24. The first-order valence-corrected chi connectivity index (χ1v) is 8.88. The standard InChI is InChI=1S/C21H18N6O/c28-21(24-14-17-9-4-5-12-23-17)20-25-19(13-16-7-2-1-3-8-16)27(26-20)18-10-6-11-22-15-18/h1-12,15H,13-14H2,(H,24,28).